The maximum atomic E-state index is 12.7. The second-order valence-electron chi connectivity index (χ2n) is 6.26. The Hall–Kier alpha value is -2.06. The van der Waals surface area contributed by atoms with E-state index in [9.17, 15) is 21.6 Å². The summed E-state index contributed by atoms with van der Waals surface area (Å²) in [6.45, 7) is 0.587. The summed E-state index contributed by atoms with van der Waals surface area (Å²) in [5.41, 5.74) is 0.531. The van der Waals surface area contributed by atoms with Crippen LogP contribution in [-0.4, -0.2) is 21.1 Å². The topological polar surface area (TPSA) is 49.4 Å². The number of nitrogens with zero attached hydrogens (tertiary/aromatic N) is 1. The quantitative estimate of drug-likeness (QED) is 0.854. The molecule has 0 aromatic heterocycles. The Bertz CT molecular complexity index is 837. The van der Waals surface area contributed by atoms with E-state index in [1.807, 2.05) is 6.07 Å². The summed E-state index contributed by atoms with van der Waals surface area (Å²) in [5.74, 6) is -0.134. The Morgan fingerprint density at radius 2 is 1.69 bits per heavy atom. The van der Waals surface area contributed by atoms with Crippen LogP contribution in [0.4, 0.5) is 18.9 Å². The average molecular weight is 384 g/mol. The molecule has 0 aliphatic carbocycles. The molecule has 1 saturated heterocycles. The van der Waals surface area contributed by atoms with E-state index >= 15 is 0 Å². The first-order chi connectivity index (χ1) is 12.2. The minimum atomic E-state index is -4.39. The van der Waals surface area contributed by atoms with Gasteiger partial charge in [-0.15, -0.1) is 0 Å². The lowest BCUT2D eigenvalue weighted by atomic mass is 10.2. The molecule has 26 heavy (non-hydrogen) atoms. The van der Waals surface area contributed by atoms with E-state index in [1.54, 1.807) is 29.2 Å². The van der Waals surface area contributed by atoms with Crippen LogP contribution < -0.4 is 9.62 Å². The van der Waals surface area contributed by atoms with Crippen LogP contribution in [0.15, 0.2) is 54.6 Å². The van der Waals surface area contributed by atoms with Crippen LogP contribution in [0.25, 0.3) is 0 Å². The zero-order chi connectivity index (χ0) is 18.8. The number of hydrogen-bond donors (Lipinski definition) is 1. The maximum Gasteiger partial charge on any atom is 0.416 e. The highest BCUT2D eigenvalue weighted by molar-refractivity contribution is 7.88. The Morgan fingerprint density at radius 3 is 2.31 bits per heavy atom. The van der Waals surface area contributed by atoms with Gasteiger partial charge >= 0.3 is 6.18 Å². The van der Waals surface area contributed by atoms with Gasteiger partial charge in [-0.1, -0.05) is 30.3 Å². The van der Waals surface area contributed by atoms with Gasteiger partial charge in [0.2, 0.25) is 10.0 Å². The third-order valence-electron chi connectivity index (χ3n) is 4.29. The number of benzene rings is 2. The molecule has 1 N–H and O–H groups in total. The zero-order valence-electron chi connectivity index (χ0n) is 13.9. The zero-order valence-corrected chi connectivity index (χ0v) is 14.7. The van der Waals surface area contributed by atoms with Crippen molar-refractivity contribution in [3.8, 4) is 0 Å². The number of anilines is 1. The van der Waals surface area contributed by atoms with Crippen molar-refractivity contribution in [1.29, 1.82) is 0 Å². The van der Waals surface area contributed by atoms with Crippen LogP contribution in [0.5, 0.6) is 0 Å². The van der Waals surface area contributed by atoms with Crippen LogP contribution in [0.3, 0.4) is 0 Å². The highest BCUT2D eigenvalue weighted by atomic mass is 32.2. The highest BCUT2D eigenvalue weighted by Crippen LogP contribution is 2.32. The molecule has 8 heteroatoms. The fourth-order valence-corrected chi connectivity index (χ4v) is 4.46. The predicted octanol–water partition coefficient (Wildman–Crippen LogP) is 3.75. The molecule has 4 nitrogen and oxygen atoms in total. The number of hydrogen-bond acceptors (Lipinski definition) is 3. The molecule has 2 aromatic carbocycles. The highest BCUT2D eigenvalue weighted by Gasteiger charge is 2.32. The average Bonchev–Trinajstić information content (AvgIpc) is 3.02. The van der Waals surface area contributed by atoms with Gasteiger partial charge in [0.25, 0.3) is 0 Å². The van der Waals surface area contributed by atoms with Gasteiger partial charge in [-0.2, -0.15) is 17.9 Å². The van der Waals surface area contributed by atoms with Crippen molar-refractivity contribution in [3.05, 3.63) is 65.7 Å². The summed E-state index contributed by atoms with van der Waals surface area (Å²) >= 11 is 0. The van der Waals surface area contributed by atoms with Crippen molar-refractivity contribution in [2.24, 2.45) is 0 Å². The van der Waals surface area contributed by atoms with Gasteiger partial charge in [0, 0.05) is 12.2 Å². The van der Waals surface area contributed by atoms with Crippen molar-refractivity contribution in [3.63, 3.8) is 0 Å². The first-order valence-corrected chi connectivity index (χ1v) is 9.88. The molecular formula is C18H19F3N2O2S. The van der Waals surface area contributed by atoms with E-state index < -0.39 is 27.9 Å². The van der Waals surface area contributed by atoms with E-state index in [1.165, 1.54) is 12.1 Å². The molecule has 1 aliphatic rings. The van der Waals surface area contributed by atoms with E-state index in [-0.39, 0.29) is 5.75 Å². The lowest BCUT2D eigenvalue weighted by Crippen LogP contribution is -2.44. The van der Waals surface area contributed by atoms with Gasteiger partial charge in [-0.25, -0.2) is 8.42 Å². The number of nitrogens with one attached hydrogen (secondary N) is 1. The molecular weight excluding hydrogens is 365 g/mol. The minimum absolute atomic E-state index is 0.134. The van der Waals surface area contributed by atoms with Gasteiger partial charge in [-0.05, 0) is 42.7 Å². The van der Waals surface area contributed by atoms with E-state index in [0.717, 1.165) is 18.6 Å². The molecule has 0 radical (unpaired) electrons. The predicted molar refractivity (Wildman–Crippen MR) is 94.0 cm³/mol. The number of rotatable bonds is 5. The Kier molecular flexibility index (Phi) is 5.24. The lowest BCUT2D eigenvalue weighted by Gasteiger charge is -2.27. The van der Waals surface area contributed by atoms with Gasteiger partial charge in [-0.3, -0.25) is 0 Å². The first kappa shape index (κ1) is 18.7. The summed E-state index contributed by atoms with van der Waals surface area (Å²) in [4.78, 5) is 1.79. The fourth-order valence-electron chi connectivity index (χ4n) is 3.08. The Morgan fingerprint density at radius 1 is 1.04 bits per heavy atom. The summed E-state index contributed by atoms with van der Waals surface area (Å²) in [6, 6.07) is 13.6. The summed E-state index contributed by atoms with van der Waals surface area (Å²) in [7, 11) is -3.56. The van der Waals surface area contributed by atoms with Crippen LogP contribution in [-0.2, 0) is 22.0 Å². The van der Waals surface area contributed by atoms with Crippen LogP contribution in [0, 0.1) is 0 Å². The normalized spacial score (nSPS) is 18.3. The maximum absolute atomic E-state index is 12.7. The molecule has 1 unspecified atom stereocenters. The molecule has 1 fully saturated rings. The molecule has 0 spiro atoms. The summed E-state index contributed by atoms with van der Waals surface area (Å²) < 4.78 is 65.6. The van der Waals surface area contributed by atoms with Gasteiger partial charge in [0.1, 0.15) is 0 Å². The Balaban J connectivity index is 1.72. The van der Waals surface area contributed by atoms with Gasteiger partial charge < -0.3 is 4.90 Å². The number of halogens is 3. The van der Waals surface area contributed by atoms with Crippen LogP contribution in [0.2, 0.25) is 0 Å². The molecule has 0 saturated carbocycles. The molecule has 140 valence electrons. The molecule has 0 amide bonds. The summed E-state index contributed by atoms with van der Waals surface area (Å²) in [6.07, 6.45) is -3.48. The largest absolute Gasteiger partial charge is 0.416 e. The number of alkyl halides is 3. The van der Waals surface area contributed by atoms with Crippen molar-refractivity contribution < 1.29 is 21.6 Å². The second kappa shape index (κ2) is 7.28. The second-order valence-corrected chi connectivity index (χ2v) is 8.01. The van der Waals surface area contributed by atoms with Crippen molar-refractivity contribution in [2.45, 2.75) is 30.9 Å². The van der Waals surface area contributed by atoms with Crippen molar-refractivity contribution in [2.75, 3.05) is 11.4 Å². The lowest BCUT2D eigenvalue weighted by molar-refractivity contribution is -0.137. The smallest absolute Gasteiger partial charge is 0.355 e. The monoisotopic (exact) mass is 384 g/mol. The number of sulfonamides is 1. The fraction of sp³-hybridized carbons (Fsp3) is 0.333. The summed E-state index contributed by atoms with van der Waals surface area (Å²) in [5, 5.41) is 0. The van der Waals surface area contributed by atoms with Gasteiger partial charge in [0.05, 0.1) is 17.5 Å². The van der Waals surface area contributed by atoms with E-state index in [2.05, 4.69) is 4.72 Å². The molecule has 3 rings (SSSR count). The van der Waals surface area contributed by atoms with Crippen molar-refractivity contribution in [1.82, 2.24) is 4.72 Å². The Labute approximate surface area is 150 Å². The molecule has 1 atom stereocenters. The third kappa shape index (κ3) is 4.56. The molecule has 1 aliphatic heterocycles. The SMILES string of the molecule is O=S(=O)(Cc1ccccc1)NC1CCCN1c1ccc(C(F)(F)F)cc1. The van der Waals surface area contributed by atoms with Crippen molar-refractivity contribution >= 4 is 15.7 Å². The third-order valence-corrected chi connectivity index (χ3v) is 5.64. The van der Waals surface area contributed by atoms with Crippen LogP contribution >= 0.6 is 0 Å². The van der Waals surface area contributed by atoms with Crippen LogP contribution in [0.1, 0.15) is 24.0 Å². The molecule has 1 heterocycles. The molecule has 0 bridgehead atoms. The standard InChI is InChI=1S/C18H19F3N2O2S/c19-18(20,21)15-8-10-16(11-9-15)23-12-4-7-17(23)22-26(24,25)13-14-5-2-1-3-6-14/h1-3,5-6,8-11,17,22H,4,7,12-13H2. The minimum Gasteiger partial charge on any atom is -0.355 e. The van der Waals surface area contributed by atoms with E-state index in [0.29, 0.717) is 24.2 Å². The van der Waals surface area contributed by atoms with Gasteiger partial charge in [0.15, 0.2) is 0 Å². The van der Waals surface area contributed by atoms with E-state index in [4.69, 9.17) is 0 Å². The first-order valence-electron chi connectivity index (χ1n) is 8.22. The molecule has 2 aromatic rings.